The second-order valence-corrected chi connectivity index (χ2v) is 7.95. The van der Waals surface area contributed by atoms with Crippen LogP contribution in [0.25, 0.3) is 0 Å². The molecule has 0 heterocycles. The molecule has 0 aliphatic heterocycles. The van der Waals surface area contributed by atoms with Gasteiger partial charge in [0.25, 0.3) is 0 Å². The fourth-order valence-corrected chi connectivity index (χ4v) is 4.34. The summed E-state index contributed by atoms with van der Waals surface area (Å²) in [5.74, 6) is 2.16. The van der Waals surface area contributed by atoms with Crippen LogP contribution in [0, 0.1) is 23.7 Å². The average Bonchev–Trinajstić information content (AvgIpc) is 2.68. The highest BCUT2D eigenvalue weighted by Gasteiger charge is 2.35. The summed E-state index contributed by atoms with van der Waals surface area (Å²) in [4.78, 5) is 0. The lowest BCUT2D eigenvalue weighted by atomic mass is 9.70. The lowest BCUT2D eigenvalue weighted by molar-refractivity contribution is -0.00497. The minimum absolute atomic E-state index is 0.338. The topological polar surface area (TPSA) is 9.23 Å². The van der Waals surface area contributed by atoms with Crippen LogP contribution in [0.4, 0.5) is 8.78 Å². The molecular formula is C22H40F2O. The maximum absolute atomic E-state index is 14.4. The van der Waals surface area contributed by atoms with Gasteiger partial charge in [0.1, 0.15) is 6.17 Å². The van der Waals surface area contributed by atoms with Crippen molar-refractivity contribution in [2.75, 3.05) is 7.11 Å². The first-order valence-electron chi connectivity index (χ1n) is 10.4. The van der Waals surface area contributed by atoms with Crippen molar-refractivity contribution in [1.82, 2.24) is 0 Å². The smallest absolute Gasteiger partial charge is 0.157 e. The molecule has 0 spiro atoms. The molecule has 0 aromatic rings. The second-order valence-electron chi connectivity index (χ2n) is 7.95. The number of hydrogen-bond donors (Lipinski definition) is 0. The summed E-state index contributed by atoms with van der Waals surface area (Å²) in [7, 11) is 1.43. The van der Waals surface area contributed by atoms with Crippen LogP contribution in [0.3, 0.4) is 0 Å². The van der Waals surface area contributed by atoms with Gasteiger partial charge in [0.15, 0.2) is 6.17 Å². The maximum Gasteiger partial charge on any atom is 0.157 e. The van der Waals surface area contributed by atoms with E-state index in [9.17, 15) is 8.78 Å². The Hall–Kier alpha value is -0.440. The first kappa shape index (κ1) is 22.6. The Kier molecular flexibility index (Phi) is 10.2. The van der Waals surface area contributed by atoms with Crippen molar-refractivity contribution < 1.29 is 13.5 Å². The summed E-state index contributed by atoms with van der Waals surface area (Å²) >= 11 is 0. The molecule has 0 amide bonds. The molecule has 1 fully saturated rings. The molecule has 148 valence electrons. The number of allylic oxidation sites excluding steroid dienone is 2. The molecule has 5 unspecified atom stereocenters. The van der Waals surface area contributed by atoms with E-state index in [4.69, 9.17) is 4.74 Å². The summed E-state index contributed by atoms with van der Waals surface area (Å²) in [6.45, 7) is 9.78. The summed E-state index contributed by atoms with van der Waals surface area (Å²) in [5.41, 5.74) is 1.11. The lowest BCUT2D eigenvalue weighted by Gasteiger charge is -2.36. The van der Waals surface area contributed by atoms with Crippen LogP contribution < -0.4 is 0 Å². The van der Waals surface area contributed by atoms with Gasteiger partial charge < -0.3 is 4.74 Å². The number of hydrogen-bond acceptors (Lipinski definition) is 1. The van der Waals surface area contributed by atoms with Crippen molar-refractivity contribution in [2.24, 2.45) is 23.7 Å². The third kappa shape index (κ3) is 6.34. The SMILES string of the molecule is CC.COC(C)C(F)C(F)C(C)C1=CCC(C2CCC(C)CC2)CC1. The molecule has 25 heavy (non-hydrogen) atoms. The zero-order valence-corrected chi connectivity index (χ0v) is 17.2. The van der Waals surface area contributed by atoms with E-state index in [-0.39, 0.29) is 5.92 Å². The number of methoxy groups -OCH3 is 1. The van der Waals surface area contributed by atoms with Crippen molar-refractivity contribution in [3.63, 3.8) is 0 Å². The van der Waals surface area contributed by atoms with Gasteiger partial charge in [-0.1, -0.05) is 52.2 Å². The molecule has 2 aliphatic carbocycles. The van der Waals surface area contributed by atoms with Gasteiger partial charge in [-0.3, -0.25) is 0 Å². The predicted octanol–water partition coefficient (Wildman–Crippen LogP) is 6.91. The van der Waals surface area contributed by atoms with Gasteiger partial charge in [0.05, 0.1) is 6.10 Å². The highest BCUT2D eigenvalue weighted by Crippen LogP contribution is 2.41. The average molecular weight is 359 g/mol. The first-order valence-corrected chi connectivity index (χ1v) is 10.4. The van der Waals surface area contributed by atoms with Crippen LogP contribution in [-0.4, -0.2) is 25.6 Å². The van der Waals surface area contributed by atoms with E-state index in [1.807, 2.05) is 20.8 Å². The highest BCUT2D eigenvalue weighted by atomic mass is 19.2. The van der Waals surface area contributed by atoms with Crippen molar-refractivity contribution in [3.05, 3.63) is 11.6 Å². The van der Waals surface area contributed by atoms with E-state index in [2.05, 4.69) is 13.0 Å². The second kappa shape index (κ2) is 11.3. The Labute approximate surface area is 154 Å². The van der Waals surface area contributed by atoms with Gasteiger partial charge in [-0.05, 0) is 56.8 Å². The maximum atomic E-state index is 14.4. The van der Waals surface area contributed by atoms with Crippen molar-refractivity contribution in [2.45, 2.75) is 98.0 Å². The quantitative estimate of drug-likeness (QED) is 0.469. The summed E-state index contributed by atoms with van der Waals surface area (Å²) < 4.78 is 33.4. The van der Waals surface area contributed by atoms with Crippen LogP contribution in [0.1, 0.15) is 79.6 Å². The molecule has 0 aromatic carbocycles. The van der Waals surface area contributed by atoms with Gasteiger partial charge in [0, 0.05) is 13.0 Å². The molecule has 0 bridgehead atoms. The van der Waals surface area contributed by atoms with E-state index < -0.39 is 18.4 Å². The summed E-state index contributed by atoms with van der Waals surface area (Å²) in [5, 5.41) is 0. The molecule has 1 nitrogen and oxygen atoms in total. The zero-order chi connectivity index (χ0) is 19.0. The molecule has 0 radical (unpaired) electrons. The molecule has 5 atom stereocenters. The highest BCUT2D eigenvalue weighted by molar-refractivity contribution is 5.13. The van der Waals surface area contributed by atoms with Gasteiger partial charge in [0.2, 0.25) is 0 Å². The van der Waals surface area contributed by atoms with E-state index >= 15 is 0 Å². The fraction of sp³-hybridized carbons (Fsp3) is 0.909. The van der Waals surface area contributed by atoms with Gasteiger partial charge in [-0.15, -0.1) is 0 Å². The molecule has 0 saturated heterocycles. The van der Waals surface area contributed by atoms with Crippen molar-refractivity contribution >= 4 is 0 Å². The van der Waals surface area contributed by atoms with Crippen LogP contribution in [0.5, 0.6) is 0 Å². The molecule has 3 heteroatoms. The summed E-state index contributed by atoms with van der Waals surface area (Å²) in [6.07, 6.45) is 7.09. The van der Waals surface area contributed by atoms with E-state index in [0.29, 0.717) is 0 Å². The molecule has 2 aliphatic rings. The monoisotopic (exact) mass is 358 g/mol. The van der Waals surface area contributed by atoms with E-state index in [0.717, 1.165) is 42.6 Å². The van der Waals surface area contributed by atoms with Crippen molar-refractivity contribution in [3.8, 4) is 0 Å². The third-order valence-corrected chi connectivity index (χ3v) is 6.40. The van der Waals surface area contributed by atoms with Gasteiger partial charge in [-0.25, -0.2) is 8.78 Å². The number of rotatable bonds is 6. The first-order chi connectivity index (χ1) is 11.9. The number of alkyl halides is 2. The Morgan fingerprint density at radius 2 is 1.56 bits per heavy atom. The molecule has 2 rings (SSSR count). The largest absolute Gasteiger partial charge is 0.379 e. The molecule has 0 aromatic heterocycles. The number of halogens is 2. The minimum Gasteiger partial charge on any atom is -0.379 e. The standard InChI is InChI=1S/C20H34F2O.C2H6/c1-13-5-7-17(8-6-13)18-11-9-16(10-12-18)14(2)19(21)20(22)15(3)23-4;1-2/h9,13-15,17-20H,5-8,10-12H2,1-4H3;1-2H3. The minimum atomic E-state index is -1.55. The zero-order valence-electron chi connectivity index (χ0n) is 17.2. The Balaban J connectivity index is 0.00000151. The molecule has 0 N–H and O–H groups in total. The van der Waals surface area contributed by atoms with Gasteiger partial charge in [-0.2, -0.15) is 0 Å². The Morgan fingerprint density at radius 3 is 2.04 bits per heavy atom. The fourth-order valence-electron chi connectivity index (χ4n) is 4.34. The normalized spacial score (nSPS) is 31.8. The van der Waals surface area contributed by atoms with Crippen molar-refractivity contribution in [1.29, 1.82) is 0 Å². The Bertz CT molecular complexity index is 387. The molecular weight excluding hydrogens is 318 g/mol. The van der Waals surface area contributed by atoms with Crippen LogP contribution in [0.15, 0.2) is 11.6 Å². The predicted molar refractivity (Wildman–Crippen MR) is 103 cm³/mol. The van der Waals surface area contributed by atoms with Crippen LogP contribution >= 0.6 is 0 Å². The van der Waals surface area contributed by atoms with E-state index in [1.165, 1.54) is 32.8 Å². The molecule has 1 saturated carbocycles. The van der Waals surface area contributed by atoms with Gasteiger partial charge >= 0.3 is 0 Å². The number of ether oxygens (including phenoxy) is 1. The Morgan fingerprint density at radius 1 is 0.960 bits per heavy atom. The van der Waals surface area contributed by atoms with Crippen LogP contribution in [0.2, 0.25) is 0 Å². The third-order valence-electron chi connectivity index (χ3n) is 6.40. The summed E-state index contributed by atoms with van der Waals surface area (Å²) in [6, 6.07) is 0. The van der Waals surface area contributed by atoms with Crippen LogP contribution in [-0.2, 0) is 4.74 Å². The lowest BCUT2D eigenvalue weighted by Crippen LogP contribution is -2.35. The van der Waals surface area contributed by atoms with E-state index in [1.54, 1.807) is 6.92 Å².